The fourth-order valence-electron chi connectivity index (χ4n) is 1.15. The summed E-state index contributed by atoms with van der Waals surface area (Å²) in [4.78, 5) is 0. The van der Waals surface area contributed by atoms with Crippen molar-refractivity contribution < 1.29 is 4.74 Å². The highest BCUT2D eigenvalue weighted by Gasteiger charge is 1.98. The van der Waals surface area contributed by atoms with Gasteiger partial charge in [-0.3, -0.25) is 0 Å². The van der Waals surface area contributed by atoms with Gasteiger partial charge in [0, 0.05) is 6.54 Å². The fourth-order valence-corrected chi connectivity index (χ4v) is 1.15. The molecule has 0 saturated heterocycles. The Balaban J connectivity index is 2.59. The summed E-state index contributed by atoms with van der Waals surface area (Å²) in [6.07, 6.45) is 1.84. The van der Waals surface area contributed by atoms with Crippen LogP contribution in [0.15, 0.2) is 36.9 Å². The highest BCUT2D eigenvalue weighted by atomic mass is 16.5. The third-order valence-corrected chi connectivity index (χ3v) is 1.96. The summed E-state index contributed by atoms with van der Waals surface area (Å²) in [5, 5.41) is 3.10. The maximum atomic E-state index is 5.56. The lowest BCUT2D eigenvalue weighted by Gasteiger charge is -2.10. The van der Waals surface area contributed by atoms with Crippen molar-refractivity contribution in [1.82, 2.24) is 5.32 Å². The van der Waals surface area contributed by atoms with Gasteiger partial charge in [-0.15, -0.1) is 0 Å². The molecule has 1 aromatic carbocycles. The maximum Gasteiger partial charge on any atom is 0.120 e. The van der Waals surface area contributed by atoms with Crippen LogP contribution < -0.4 is 10.1 Å². The molecule has 0 bridgehead atoms. The molecule has 0 aliphatic rings. The Morgan fingerprint density at radius 3 is 2.57 bits per heavy atom. The molecule has 1 N–H and O–H groups in total. The zero-order valence-electron chi connectivity index (χ0n) is 8.79. The Morgan fingerprint density at radius 2 is 2.07 bits per heavy atom. The molecule has 1 unspecified atom stereocenters. The number of benzene rings is 1. The van der Waals surface area contributed by atoms with Crippen LogP contribution in [0.2, 0.25) is 0 Å². The monoisotopic (exact) mass is 191 g/mol. The van der Waals surface area contributed by atoms with E-state index < -0.39 is 0 Å². The second-order valence-electron chi connectivity index (χ2n) is 3.23. The van der Waals surface area contributed by atoms with Gasteiger partial charge in [-0.25, -0.2) is 0 Å². The van der Waals surface area contributed by atoms with Crippen LogP contribution in [0.4, 0.5) is 0 Å². The van der Waals surface area contributed by atoms with E-state index in [2.05, 4.69) is 24.0 Å². The van der Waals surface area contributed by atoms with Gasteiger partial charge in [-0.1, -0.05) is 24.8 Å². The van der Waals surface area contributed by atoms with Crippen LogP contribution in [-0.4, -0.2) is 13.2 Å². The lowest BCUT2D eigenvalue weighted by atomic mass is 10.2. The van der Waals surface area contributed by atoms with Crippen molar-refractivity contribution in [3.8, 4) is 5.75 Å². The van der Waals surface area contributed by atoms with Crippen molar-refractivity contribution in [3.05, 3.63) is 42.5 Å². The highest BCUT2D eigenvalue weighted by Crippen LogP contribution is 2.13. The Kier molecular flexibility index (Phi) is 4.20. The molecule has 1 aromatic rings. The predicted molar refractivity (Wildman–Crippen MR) is 59.5 cm³/mol. The Bertz CT molecular complexity index is 279. The SMILES string of the molecule is C=CC(C)Oc1ccc(CNC)cc1. The Morgan fingerprint density at radius 1 is 1.43 bits per heavy atom. The van der Waals surface area contributed by atoms with E-state index in [4.69, 9.17) is 4.74 Å². The third kappa shape index (κ3) is 3.23. The molecule has 0 aromatic heterocycles. The summed E-state index contributed by atoms with van der Waals surface area (Å²) in [7, 11) is 1.93. The number of hydrogen-bond acceptors (Lipinski definition) is 2. The molecule has 0 aliphatic carbocycles. The van der Waals surface area contributed by atoms with Crippen LogP contribution in [-0.2, 0) is 6.54 Å². The van der Waals surface area contributed by atoms with Crippen molar-refractivity contribution in [2.75, 3.05) is 7.05 Å². The van der Waals surface area contributed by atoms with Gasteiger partial charge in [0.2, 0.25) is 0 Å². The zero-order chi connectivity index (χ0) is 10.4. The molecule has 2 nitrogen and oxygen atoms in total. The molecular formula is C12H17NO. The highest BCUT2D eigenvalue weighted by molar-refractivity contribution is 5.27. The maximum absolute atomic E-state index is 5.56. The molecular weight excluding hydrogens is 174 g/mol. The largest absolute Gasteiger partial charge is 0.487 e. The van der Waals surface area contributed by atoms with Gasteiger partial charge in [0.15, 0.2) is 0 Å². The van der Waals surface area contributed by atoms with Crippen molar-refractivity contribution in [2.24, 2.45) is 0 Å². The van der Waals surface area contributed by atoms with E-state index in [1.54, 1.807) is 6.08 Å². The second-order valence-corrected chi connectivity index (χ2v) is 3.23. The summed E-state index contributed by atoms with van der Waals surface area (Å²) >= 11 is 0. The van der Waals surface area contributed by atoms with Gasteiger partial charge in [-0.05, 0) is 31.7 Å². The van der Waals surface area contributed by atoms with E-state index in [9.17, 15) is 0 Å². The van der Waals surface area contributed by atoms with Crippen molar-refractivity contribution >= 4 is 0 Å². The summed E-state index contributed by atoms with van der Waals surface area (Å²) in [5.74, 6) is 0.886. The molecule has 0 spiro atoms. The lowest BCUT2D eigenvalue weighted by Crippen LogP contribution is -2.08. The van der Waals surface area contributed by atoms with Crippen LogP contribution in [0, 0.1) is 0 Å². The number of nitrogens with one attached hydrogen (secondary N) is 1. The summed E-state index contributed by atoms with van der Waals surface area (Å²) in [6, 6.07) is 8.07. The van der Waals surface area contributed by atoms with E-state index in [1.807, 2.05) is 26.1 Å². The molecule has 0 aliphatic heterocycles. The molecule has 76 valence electrons. The first kappa shape index (κ1) is 10.8. The van der Waals surface area contributed by atoms with Gasteiger partial charge in [-0.2, -0.15) is 0 Å². The summed E-state index contributed by atoms with van der Waals surface area (Å²) < 4.78 is 5.56. The summed E-state index contributed by atoms with van der Waals surface area (Å²) in [5.41, 5.74) is 1.26. The van der Waals surface area contributed by atoms with Gasteiger partial charge in [0.25, 0.3) is 0 Å². The van der Waals surface area contributed by atoms with Crippen LogP contribution in [0.25, 0.3) is 0 Å². The van der Waals surface area contributed by atoms with E-state index in [0.717, 1.165) is 12.3 Å². The molecule has 1 atom stereocenters. The van der Waals surface area contributed by atoms with Crippen LogP contribution in [0.3, 0.4) is 0 Å². The van der Waals surface area contributed by atoms with E-state index in [-0.39, 0.29) is 6.10 Å². The molecule has 2 heteroatoms. The minimum atomic E-state index is 0.0603. The summed E-state index contributed by atoms with van der Waals surface area (Å²) in [6.45, 7) is 6.52. The first-order chi connectivity index (χ1) is 6.76. The zero-order valence-corrected chi connectivity index (χ0v) is 8.79. The number of rotatable bonds is 5. The second kappa shape index (κ2) is 5.45. The minimum absolute atomic E-state index is 0.0603. The molecule has 0 amide bonds. The molecule has 0 heterocycles. The van der Waals surface area contributed by atoms with Crippen molar-refractivity contribution in [3.63, 3.8) is 0 Å². The lowest BCUT2D eigenvalue weighted by molar-refractivity contribution is 0.270. The van der Waals surface area contributed by atoms with Crippen molar-refractivity contribution in [1.29, 1.82) is 0 Å². The van der Waals surface area contributed by atoms with Crippen LogP contribution >= 0.6 is 0 Å². The minimum Gasteiger partial charge on any atom is -0.487 e. The number of ether oxygens (including phenoxy) is 1. The Hall–Kier alpha value is -1.28. The van der Waals surface area contributed by atoms with Crippen LogP contribution in [0.5, 0.6) is 5.75 Å². The molecule has 14 heavy (non-hydrogen) atoms. The van der Waals surface area contributed by atoms with E-state index in [0.29, 0.717) is 0 Å². The fraction of sp³-hybridized carbons (Fsp3) is 0.333. The number of hydrogen-bond donors (Lipinski definition) is 1. The van der Waals surface area contributed by atoms with Crippen molar-refractivity contribution in [2.45, 2.75) is 19.6 Å². The van der Waals surface area contributed by atoms with Gasteiger partial charge < -0.3 is 10.1 Å². The average Bonchev–Trinajstić information content (AvgIpc) is 2.21. The molecule has 1 rings (SSSR count). The molecule has 0 fully saturated rings. The van der Waals surface area contributed by atoms with Gasteiger partial charge in [0.05, 0.1) is 0 Å². The first-order valence-electron chi connectivity index (χ1n) is 4.79. The van der Waals surface area contributed by atoms with Gasteiger partial charge in [0.1, 0.15) is 11.9 Å². The average molecular weight is 191 g/mol. The molecule has 0 radical (unpaired) electrons. The standard InChI is InChI=1S/C12H17NO/c1-4-10(2)14-12-7-5-11(6-8-12)9-13-3/h4-8,10,13H,1,9H2,2-3H3. The molecule has 0 saturated carbocycles. The topological polar surface area (TPSA) is 21.3 Å². The Labute approximate surface area is 85.6 Å². The quantitative estimate of drug-likeness (QED) is 0.721. The smallest absolute Gasteiger partial charge is 0.120 e. The van der Waals surface area contributed by atoms with E-state index >= 15 is 0 Å². The van der Waals surface area contributed by atoms with Crippen LogP contribution in [0.1, 0.15) is 12.5 Å². The first-order valence-corrected chi connectivity index (χ1v) is 4.79. The normalized spacial score (nSPS) is 12.1. The third-order valence-electron chi connectivity index (χ3n) is 1.96. The van der Waals surface area contributed by atoms with E-state index in [1.165, 1.54) is 5.56 Å². The predicted octanol–water partition coefficient (Wildman–Crippen LogP) is 2.36. The van der Waals surface area contributed by atoms with Gasteiger partial charge >= 0.3 is 0 Å².